The van der Waals surface area contributed by atoms with Gasteiger partial charge in [0.05, 0.1) is 32.0 Å². The summed E-state index contributed by atoms with van der Waals surface area (Å²) in [5, 5.41) is 20.2. The average Bonchev–Trinajstić information content (AvgIpc) is 2.57. The Morgan fingerprint density at radius 3 is 2.27 bits per heavy atom. The predicted octanol–water partition coefficient (Wildman–Crippen LogP) is 3.24. The van der Waals surface area contributed by atoms with Crippen molar-refractivity contribution in [3.05, 3.63) is 35.9 Å². The van der Waals surface area contributed by atoms with E-state index in [1.807, 2.05) is 43.8 Å². The second kappa shape index (κ2) is 8.08. The van der Waals surface area contributed by atoms with E-state index in [-0.39, 0.29) is 23.7 Å². The molecule has 0 radical (unpaired) electrons. The fraction of sp³-hybridized carbons (Fsp3) is 0.700. The first-order valence-corrected chi connectivity index (χ1v) is 11.6. The van der Waals surface area contributed by atoms with Gasteiger partial charge in [-0.2, -0.15) is 0 Å². The molecule has 0 saturated carbocycles. The number of ether oxygens (including phenoxy) is 1. The topological polar surface area (TPSA) is 68.2 Å². The molecule has 0 aromatic heterocycles. The number of hydrogen-bond donors (Lipinski definition) is 2. The van der Waals surface area contributed by atoms with Crippen molar-refractivity contribution in [1.29, 1.82) is 0 Å². The Hall–Kier alpha value is -0.763. The molecule has 0 spiro atoms. The molecule has 0 amide bonds. The van der Waals surface area contributed by atoms with Crippen LogP contribution in [-0.2, 0) is 20.2 Å². The van der Waals surface area contributed by atoms with Gasteiger partial charge in [0.1, 0.15) is 5.60 Å². The van der Waals surface area contributed by atoms with Gasteiger partial charge in [-0.05, 0) is 19.0 Å². The fourth-order valence-corrected chi connectivity index (χ4v) is 5.73. The maximum atomic E-state index is 10.7. The number of rotatable bonds is 6. The van der Waals surface area contributed by atoms with Crippen LogP contribution in [0.25, 0.3) is 0 Å². The highest BCUT2D eigenvalue weighted by Gasteiger charge is 2.56. The quantitative estimate of drug-likeness (QED) is 0.739. The predicted molar refractivity (Wildman–Crippen MR) is 104 cm³/mol. The Labute approximate surface area is 158 Å². The van der Waals surface area contributed by atoms with E-state index < -0.39 is 20.3 Å². The minimum Gasteiger partial charge on any atom is -0.393 e. The monoisotopic (exact) mass is 382 g/mol. The molecule has 0 aliphatic carbocycles. The van der Waals surface area contributed by atoms with Crippen LogP contribution in [0, 0.1) is 5.92 Å². The molecule has 5 atom stereocenters. The van der Waals surface area contributed by atoms with Crippen LogP contribution in [0.3, 0.4) is 0 Å². The molecule has 1 aliphatic rings. The number of hydrogen-bond acceptors (Lipinski definition) is 5. The van der Waals surface area contributed by atoms with E-state index in [1.54, 1.807) is 6.92 Å². The maximum absolute atomic E-state index is 10.7. The van der Waals surface area contributed by atoms with E-state index in [4.69, 9.17) is 13.6 Å². The lowest BCUT2D eigenvalue weighted by Gasteiger charge is -2.53. The molecule has 1 unspecified atom stereocenters. The Bertz CT molecular complexity index is 571. The SMILES string of the molecule is C[C@@H]1[C@H](COCc2ccccc2)O[Si](C)(C(C)(C)C)O[C@@H]1[C@](C)(O)CO. The highest BCUT2D eigenvalue weighted by molar-refractivity contribution is 6.69. The van der Waals surface area contributed by atoms with Crippen LogP contribution in [0.5, 0.6) is 0 Å². The van der Waals surface area contributed by atoms with Crippen molar-refractivity contribution in [3.63, 3.8) is 0 Å². The van der Waals surface area contributed by atoms with E-state index in [2.05, 4.69) is 20.8 Å². The standard InChI is InChI=1S/C20H34O5Si/c1-15-17(13-23-12-16-10-8-7-9-11-16)24-26(6,19(2,3)4)25-18(15)20(5,22)14-21/h7-11,15,17-18,21-22H,12-14H2,1-6H3/t15-,17+,18+,20-,26?/m1/s1. The summed E-state index contributed by atoms with van der Waals surface area (Å²) in [6, 6.07) is 10.0. The van der Waals surface area contributed by atoms with Gasteiger partial charge in [-0.25, -0.2) is 0 Å². The molecule has 1 fully saturated rings. The first-order valence-electron chi connectivity index (χ1n) is 9.31. The number of aliphatic hydroxyl groups excluding tert-OH is 1. The van der Waals surface area contributed by atoms with Crippen LogP contribution in [0.1, 0.15) is 40.2 Å². The van der Waals surface area contributed by atoms with Crippen molar-refractivity contribution < 1.29 is 23.8 Å². The lowest BCUT2D eigenvalue weighted by Crippen LogP contribution is -2.66. The van der Waals surface area contributed by atoms with Crippen LogP contribution in [-0.4, -0.2) is 49.8 Å². The molecule has 1 saturated heterocycles. The molecule has 5 nitrogen and oxygen atoms in total. The van der Waals surface area contributed by atoms with Crippen LogP contribution >= 0.6 is 0 Å². The van der Waals surface area contributed by atoms with Gasteiger partial charge in [-0.3, -0.25) is 0 Å². The second-order valence-corrected chi connectivity index (χ2v) is 12.6. The van der Waals surface area contributed by atoms with Crippen molar-refractivity contribution in [2.75, 3.05) is 13.2 Å². The molecule has 1 aromatic carbocycles. The molecule has 26 heavy (non-hydrogen) atoms. The third-order valence-electron chi connectivity index (χ3n) is 5.48. The van der Waals surface area contributed by atoms with E-state index in [0.29, 0.717) is 13.2 Å². The second-order valence-electron chi connectivity index (χ2n) is 8.77. The van der Waals surface area contributed by atoms with Crippen LogP contribution in [0.2, 0.25) is 11.6 Å². The third kappa shape index (κ3) is 4.74. The highest BCUT2D eigenvalue weighted by atomic mass is 28.4. The van der Waals surface area contributed by atoms with Crippen molar-refractivity contribution >= 4 is 8.56 Å². The van der Waals surface area contributed by atoms with Gasteiger partial charge < -0.3 is 23.8 Å². The average molecular weight is 383 g/mol. The molecule has 2 rings (SSSR count). The smallest absolute Gasteiger partial charge is 0.341 e. The van der Waals surface area contributed by atoms with E-state index >= 15 is 0 Å². The summed E-state index contributed by atoms with van der Waals surface area (Å²) in [7, 11) is -2.61. The Morgan fingerprint density at radius 1 is 1.12 bits per heavy atom. The summed E-state index contributed by atoms with van der Waals surface area (Å²) in [6.07, 6.45) is -0.686. The van der Waals surface area contributed by atoms with E-state index in [1.165, 1.54) is 0 Å². The Kier molecular flexibility index (Phi) is 6.70. The zero-order valence-corrected chi connectivity index (χ0v) is 17.9. The summed E-state index contributed by atoms with van der Waals surface area (Å²) < 4.78 is 18.7. The van der Waals surface area contributed by atoms with Crippen molar-refractivity contribution in [2.24, 2.45) is 5.92 Å². The van der Waals surface area contributed by atoms with Gasteiger partial charge in [0.2, 0.25) is 0 Å². The summed E-state index contributed by atoms with van der Waals surface area (Å²) in [6.45, 7) is 12.5. The number of aliphatic hydroxyl groups is 2. The summed E-state index contributed by atoms with van der Waals surface area (Å²) >= 11 is 0. The maximum Gasteiger partial charge on any atom is 0.341 e. The van der Waals surface area contributed by atoms with Gasteiger partial charge in [-0.15, -0.1) is 0 Å². The fourth-order valence-electron chi connectivity index (χ4n) is 3.16. The number of benzene rings is 1. The normalized spacial score (nSPS) is 32.2. The van der Waals surface area contributed by atoms with Crippen LogP contribution in [0.4, 0.5) is 0 Å². The van der Waals surface area contributed by atoms with Crippen molar-refractivity contribution in [3.8, 4) is 0 Å². The lowest BCUT2D eigenvalue weighted by atomic mass is 9.86. The first kappa shape index (κ1) is 21.5. The van der Waals surface area contributed by atoms with Gasteiger partial charge in [-0.1, -0.05) is 58.0 Å². The summed E-state index contributed by atoms with van der Waals surface area (Å²) in [5.74, 6) is -0.101. The highest BCUT2D eigenvalue weighted by Crippen LogP contribution is 2.45. The molecular formula is C20H34O5Si. The Morgan fingerprint density at radius 2 is 1.73 bits per heavy atom. The van der Waals surface area contributed by atoms with E-state index in [0.717, 1.165) is 5.56 Å². The minimum absolute atomic E-state index is 0.101. The van der Waals surface area contributed by atoms with Crippen molar-refractivity contribution in [2.45, 2.75) is 70.6 Å². The molecular weight excluding hydrogens is 348 g/mol. The van der Waals surface area contributed by atoms with Crippen LogP contribution < -0.4 is 0 Å². The van der Waals surface area contributed by atoms with E-state index in [9.17, 15) is 10.2 Å². The van der Waals surface area contributed by atoms with Crippen molar-refractivity contribution in [1.82, 2.24) is 0 Å². The molecule has 2 N–H and O–H groups in total. The molecule has 148 valence electrons. The van der Waals surface area contributed by atoms with Crippen LogP contribution in [0.15, 0.2) is 30.3 Å². The van der Waals surface area contributed by atoms with Gasteiger partial charge in [0, 0.05) is 11.0 Å². The third-order valence-corrected chi connectivity index (χ3v) is 9.66. The largest absolute Gasteiger partial charge is 0.393 e. The molecule has 1 aromatic rings. The van der Waals surface area contributed by atoms with Gasteiger partial charge in [0.15, 0.2) is 0 Å². The summed E-state index contributed by atoms with van der Waals surface area (Å²) in [5.41, 5.74) is -0.206. The molecule has 1 heterocycles. The zero-order valence-electron chi connectivity index (χ0n) is 16.9. The Balaban J connectivity index is 2.14. The molecule has 1 aliphatic heterocycles. The molecule has 0 bridgehead atoms. The lowest BCUT2D eigenvalue weighted by molar-refractivity contribution is -0.167. The summed E-state index contributed by atoms with van der Waals surface area (Å²) in [4.78, 5) is 0. The zero-order chi connectivity index (χ0) is 19.6. The molecule has 6 heteroatoms. The van der Waals surface area contributed by atoms with Gasteiger partial charge in [0.25, 0.3) is 0 Å². The minimum atomic E-state index is -2.61. The van der Waals surface area contributed by atoms with Gasteiger partial charge >= 0.3 is 8.56 Å². The first-order chi connectivity index (χ1) is 12.0.